The molecule has 1 aliphatic heterocycles. The SMILES string of the molecule is COC(=O)c1csc(NC(=O)[C@H](CC(C)C)N2C(=O)N[C@@H](c3cccc(C)c3)C2=O)n1. The van der Waals surface area contributed by atoms with Crippen molar-refractivity contribution in [3.05, 3.63) is 46.5 Å². The van der Waals surface area contributed by atoms with Crippen LogP contribution in [0.1, 0.15) is 47.9 Å². The lowest BCUT2D eigenvalue weighted by Gasteiger charge is -2.25. The van der Waals surface area contributed by atoms with Gasteiger partial charge in [-0.15, -0.1) is 11.3 Å². The number of esters is 1. The van der Waals surface area contributed by atoms with Crippen molar-refractivity contribution in [2.75, 3.05) is 12.4 Å². The number of imide groups is 1. The Bertz CT molecular complexity index is 1020. The van der Waals surface area contributed by atoms with E-state index in [4.69, 9.17) is 0 Å². The summed E-state index contributed by atoms with van der Waals surface area (Å²) in [5.41, 5.74) is 1.68. The van der Waals surface area contributed by atoms with Gasteiger partial charge in [0, 0.05) is 5.38 Å². The van der Waals surface area contributed by atoms with Gasteiger partial charge in [-0.1, -0.05) is 43.7 Å². The molecule has 10 heteroatoms. The maximum atomic E-state index is 13.1. The molecule has 1 saturated heterocycles. The van der Waals surface area contributed by atoms with Crippen LogP contribution < -0.4 is 10.6 Å². The molecular formula is C21H24N4O5S. The summed E-state index contributed by atoms with van der Waals surface area (Å²) in [6, 6.07) is 4.81. The van der Waals surface area contributed by atoms with E-state index in [9.17, 15) is 19.2 Å². The predicted molar refractivity (Wildman–Crippen MR) is 115 cm³/mol. The van der Waals surface area contributed by atoms with Gasteiger partial charge in [-0.3, -0.25) is 9.59 Å². The molecule has 0 saturated carbocycles. The van der Waals surface area contributed by atoms with Gasteiger partial charge in [0.15, 0.2) is 10.8 Å². The van der Waals surface area contributed by atoms with Gasteiger partial charge in [-0.05, 0) is 24.8 Å². The molecule has 4 amide bonds. The minimum absolute atomic E-state index is 0.0382. The smallest absolute Gasteiger partial charge is 0.357 e. The molecule has 0 aliphatic carbocycles. The first-order valence-electron chi connectivity index (χ1n) is 9.76. The molecule has 1 aromatic carbocycles. The molecule has 0 radical (unpaired) electrons. The highest BCUT2D eigenvalue weighted by atomic mass is 32.1. The summed E-state index contributed by atoms with van der Waals surface area (Å²) >= 11 is 1.05. The van der Waals surface area contributed by atoms with Crippen molar-refractivity contribution in [2.24, 2.45) is 5.92 Å². The first-order chi connectivity index (χ1) is 14.7. The summed E-state index contributed by atoms with van der Waals surface area (Å²) in [5, 5.41) is 6.94. The van der Waals surface area contributed by atoms with Crippen LogP contribution in [0, 0.1) is 12.8 Å². The molecule has 31 heavy (non-hydrogen) atoms. The number of anilines is 1. The standard InChI is InChI=1S/C21H24N4O5S/c1-11(2)8-15(17(26)24-20-22-14(10-31-20)19(28)30-4)25-18(27)16(23-21(25)29)13-7-5-6-12(3)9-13/h5-7,9-11,15-16H,8H2,1-4H3,(H,23,29)(H,22,24,26)/t15-,16-/m0/s1. The number of urea groups is 1. The zero-order chi connectivity index (χ0) is 22.7. The van der Waals surface area contributed by atoms with Gasteiger partial charge in [0.1, 0.15) is 12.1 Å². The van der Waals surface area contributed by atoms with Crippen molar-refractivity contribution >= 4 is 40.3 Å². The van der Waals surface area contributed by atoms with E-state index in [0.717, 1.165) is 21.8 Å². The Kier molecular flexibility index (Phi) is 6.69. The second-order valence-electron chi connectivity index (χ2n) is 7.67. The number of hydrogen-bond acceptors (Lipinski definition) is 7. The van der Waals surface area contributed by atoms with Crippen molar-refractivity contribution in [2.45, 2.75) is 39.3 Å². The summed E-state index contributed by atoms with van der Waals surface area (Å²) in [6.07, 6.45) is 0.279. The molecule has 1 aliphatic rings. The van der Waals surface area contributed by atoms with Crippen LogP contribution in [-0.2, 0) is 14.3 Å². The molecule has 1 fully saturated rings. The Morgan fingerprint density at radius 2 is 2.06 bits per heavy atom. The molecule has 1 aromatic heterocycles. The van der Waals surface area contributed by atoms with E-state index >= 15 is 0 Å². The number of carbonyl (C=O) groups excluding carboxylic acids is 4. The molecule has 2 aromatic rings. The zero-order valence-corrected chi connectivity index (χ0v) is 18.5. The van der Waals surface area contributed by atoms with Gasteiger partial charge in [-0.25, -0.2) is 19.5 Å². The number of aryl methyl sites for hydroxylation is 1. The number of amides is 4. The van der Waals surface area contributed by atoms with Gasteiger partial charge in [0.2, 0.25) is 5.91 Å². The highest BCUT2D eigenvalue weighted by molar-refractivity contribution is 7.14. The lowest BCUT2D eigenvalue weighted by Crippen LogP contribution is -2.48. The number of carbonyl (C=O) groups is 4. The summed E-state index contributed by atoms with van der Waals surface area (Å²) in [6.45, 7) is 5.69. The fourth-order valence-corrected chi connectivity index (χ4v) is 4.04. The Morgan fingerprint density at radius 3 is 2.71 bits per heavy atom. The van der Waals surface area contributed by atoms with Crippen molar-refractivity contribution in [3.8, 4) is 0 Å². The number of methoxy groups -OCH3 is 1. The minimum atomic E-state index is -1.02. The molecule has 2 atom stereocenters. The Morgan fingerprint density at radius 1 is 1.32 bits per heavy atom. The number of aromatic nitrogens is 1. The van der Waals surface area contributed by atoms with E-state index in [2.05, 4.69) is 20.4 Å². The van der Waals surface area contributed by atoms with E-state index in [-0.39, 0.29) is 23.2 Å². The average Bonchev–Trinajstić information content (AvgIpc) is 3.29. The quantitative estimate of drug-likeness (QED) is 0.501. The summed E-state index contributed by atoms with van der Waals surface area (Å²) < 4.78 is 4.61. The third kappa shape index (κ3) is 4.91. The number of ether oxygens (including phenoxy) is 1. The van der Waals surface area contributed by atoms with Crippen molar-refractivity contribution in [1.82, 2.24) is 15.2 Å². The molecule has 2 heterocycles. The first-order valence-corrected chi connectivity index (χ1v) is 10.6. The fourth-order valence-electron chi connectivity index (χ4n) is 3.36. The minimum Gasteiger partial charge on any atom is -0.464 e. The highest BCUT2D eigenvalue weighted by Crippen LogP contribution is 2.27. The average molecular weight is 445 g/mol. The first kappa shape index (κ1) is 22.4. The maximum absolute atomic E-state index is 13.1. The van der Waals surface area contributed by atoms with Gasteiger partial charge in [-0.2, -0.15) is 0 Å². The number of hydrogen-bond donors (Lipinski definition) is 2. The molecule has 3 rings (SSSR count). The van der Waals surface area contributed by atoms with Crippen molar-refractivity contribution < 1.29 is 23.9 Å². The monoisotopic (exact) mass is 444 g/mol. The van der Waals surface area contributed by atoms with Crippen LogP contribution in [0.15, 0.2) is 29.6 Å². The van der Waals surface area contributed by atoms with E-state index in [0.29, 0.717) is 5.56 Å². The maximum Gasteiger partial charge on any atom is 0.357 e. The van der Waals surface area contributed by atoms with Crippen LogP contribution in [0.2, 0.25) is 0 Å². The molecule has 9 nitrogen and oxygen atoms in total. The van der Waals surface area contributed by atoms with Gasteiger partial charge < -0.3 is 15.4 Å². The lowest BCUT2D eigenvalue weighted by atomic mass is 10.0. The molecular weight excluding hydrogens is 420 g/mol. The number of nitrogens with one attached hydrogen (secondary N) is 2. The lowest BCUT2D eigenvalue weighted by molar-refractivity contribution is -0.134. The van der Waals surface area contributed by atoms with E-state index in [1.807, 2.05) is 39.0 Å². The van der Waals surface area contributed by atoms with E-state index in [1.165, 1.54) is 12.5 Å². The summed E-state index contributed by atoms with van der Waals surface area (Å²) in [5.74, 6) is -1.61. The molecule has 164 valence electrons. The van der Waals surface area contributed by atoms with Gasteiger partial charge >= 0.3 is 12.0 Å². The number of nitrogens with zero attached hydrogens (tertiary/aromatic N) is 2. The molecule has 0 unspecified atom stereocenters. The zero-order valence-electron chi connectivity index (χ0n) is 17.7. The highest BCUT2D eigenvalue weighted by Gasteiger charge is 2.45. The number of rotatable bonds is 7. The third-order valence-electron chi connectivity index (χ3n) is 4.78. The second kappa shape index (κ2) is 9.25. The fraction of sp³-hybridized carbons (Fsp3) is 0.381. The van der Waals surface area contributed by atoms with Gasteiger partial charge in [0.05, 0.1) is 7.11 Å². The Hall–Kier alpha value is -3.27. The molecule has 0 bridgehead atoms. The van der Waals surface area contributed by atoms with Crippen LogP contribution >= 0.6 is 11.3 Å². The molecule has 2 N–H and O–H groups in total. The number of benzene rings is 1. The van der Waals surface area contributed by atoms with Gasteiger partial charge in [0.25, 0.3) is 5.91 Å². The van der Waals surface area contributed by atoms with E-state index < -0.39 is 35.9 Å². The van der Waals surface area contributed by atoms with Crippen LogP contribution in [-0.4, -0.2) is 46.9 Å². The van der Waals surface area contributed by atoms with E-state index in [1.54, 1.807) is 6.07 Å². The Balaban J connectivity index is 1.83. The molecule has 0 spiro atoms. The topological polar surface area (TPSA) is 118 Å². The van der Waals surface area contributed by atoms with Crippen LogP contribution in [0.4, 0.5) is 9.93 Å². The predicted octanol–water partition coefficient (Wildman–Crippen LogP) is 2.88. The van der Waals surface area contributed by atoms with Crippen LogP contribution in [0.3, 0.4) is 0 Å². The largest absolute Gasteiger partial charge is 0.464 e. The Labute approximate surface area is 183 Å². The number of thiazole rings is 1. The van der Waals surface area contributed by atoms with Crippen LogP contribution in [0.25, 0.3) is 0 Å². The summed E-state index contributed by atoms with van der Waals surface area (Å²) in [4.78, 5) is 55.5. The third-order valence-corrected chi connectivity index (χ3v) is 5.54. The second-order valence-corrected chi connectivity index (χ2v) is 8.53. The summed E-state index contributed by atoms with van der Waals surface area (Å²) in [7, 11) is 1.24. The van der Waals surface area contributed by atoms with Crippen LogP contribution in [0.5, 0.6) is 0 Å². The van der Waals surface area contributed by atoms with Crippen molar-refractivity contribution in [3.63, 3.8) is 0 Å². The van der Waals surface area contributed by atoms with Crippen molar-refractivity contribution in [1.29, 1.82) is 0 Å². The normalized spacial score (nSPS) is 16.9.